The molecule has 0 saturated heterocycles. The molecule has 2 N–H and O–H groups in total. The molecule has 2 rings (SSSR count). The summed E-state index contributed by atoms with van der Waals surface area (Å²) in [4.78, 5) is 23.5. The molecule has 0 unspecified atom stereocenters. The SMILES string of the molecule is CC(=O)Nc1ccc(C(F)(F)F)cc1NC(=O)CN(C)S(=O)(=O)c1ccc(C#N)cc1. The highest BCUT2D eigenvalue weighted by Gasteiger charge is 2.31. The quantitative estimate of drug-likeness (QED) is 0.696. The Morgan fingerprint density at radius 3 is 2.19 bits per heavy atom. The Morgan fingerprint density at radius 1 is 1.06 bits per heavy atom. The maximum absolute atomic E-state index is 13.0. The average molecular weight is 454 g/mol. The second-order valence-corrected chi connectivity index (χ2v) is 8.43. The number of anilines is 2. The van der Waals surface area contributed by atoms with Gasteiger partial charge in [-0.15, -0.1) is 0 Å². The summed E-state index contributed by atoms with van der Waals surface area (Å²) < 4.78 is 64.9. The molecule has 0 spiro atoms. The van der Waals surface area contributed by atoms with Gasteiger partial charge >= 0.3 is 6.18 Å². The summed E-state index contributed by atoms with van der Waals surface area (Å²) in [5.74, 6) is -1.50. The van der Waals surface area contributed by atoms with Gasteiger partial charge in [0.15, 0.2) is 0 Å². The molecule has 2 amide bonds. The van der Waals surface area contributed by atoms with Crippen LogP contribution >= 0.6 is 0 Å². The molecule has 0 saturated carbocycles. The third kappa shape index (κ3) is 6.03. The summed E-state index contributed by atoms with van der Waals surface area (Å²) in [6, 6.07) is 9.19. The molecule has 164 valence electrons. The Balaban J connectivity index is 2.23. The molecule has 12 heteroatoms. The van der Waals surface area contributed by atoms with Crippen molar-refractivity contribution in [2.24, 2.45) is 0 Å². The number of sulfonamides is 1. The van der Waals surface area contributed by atoms with E-state index in [1.165, 1.54) is 24.3 Å². The molecule has 8 nitrogen and oxygen atoms in total. The van der Waals surface area contributed by atoms with E-state index in [-0.39, 0.29) is 21.8 Å². The topological polar surface area (TPSA) is 119 Å². The van der Waals surface area contributed by atoms with E-state index in [0.717, 1.165) is 26.1 Å². The lowest BCUT2D eigenvalue weighted by Crippen LogP contribution is -2.35. The van der Waals surface area contributed by atoms with Gasteiger partial charge in [-0.3, -0.25) is 9.59 Å². The zero-order chi connectivity index (χ0) is 23.4. The van der Waals surface area contributed by atoms with E-state index < -0.39 is 40.1 Å². The third-order valence-electron chi connectivity index (χ3n) is 3.99. The molecule has 0 bridgehead atoms. The number of amides is 2. The fraction of sp³-hybridized carbons (Fsp3) is 0.211. The van der Waals surface area contributed by atoms with E-state index in [9.17, 15) is 31.2 Å². The zero-order valence-electron chi connectivity index (χ0n) is 16.3. The van der Waals surface area contributed by atoms with E-state index in [2.05, 4.69) is 10.6 Å². The van der Waals surface area contributed by atoms with Gasteiger partial charge in [0.25, 0.3) is 0 Å². The first-order valence-electron chi connectivity index (χ1n) is 8.60. The number of hydrogen-bond acceptors (Lipinski definition) is 5. The van der Waals surface area contributed by atoms with Gasteiger partial charge in [0.2, 0.25) is 21.8 Å². The summed E-state index contributed by atoms with van der Waals surface area (Å²) in [6.07, 6.45) is -4.69. The highest BCUT2D eigenvalue weighted by molar-refractivity contribution is 7.89. The number of nitriles is 1. The predicted molar refractivity (Wildman–Crippen MR) is 105 cm³/mol. The van der Waals surface area contributed by atoms with Gasteiger partial charge < -0.3 is 10.6 Å². The molecular weight excluding hydrogens is 437 g/mol. The van der Waals surface area contributed by atoms with Crippen molar-refractivity contribution in [2.75, 3.05) is 24.2 Å². The van der Waals surface area contributed by atoms with Crippen LogP contribution in [0.1, 0.15) is 18.1 Å². The average Bonchev–Trinajstić information content (AvgIpc) is 2.68. The molecule has 31 heavy (non-hydrogen) atoms. The molecule has 0 fully saturated rings. The molecule has 0 aliphatic carbocycles. The normalized spacial score (nSPS) is 11.6. The molecule has 2 aromatic rings. The number of hydrogen-bond donors (Lipinski definition) is 2. The Bertz CT molecular complexity index is 1140. The largest absolute Gasteiger partial charge is 0.416 e. The van der Waals surface area contributed by atoms with E-state index in [4.69, 9.17) is 5.26 Å². The molecule has 0 heterocycles. The number of carbonyl (C=O) groups excluding carboxylic acids is 2. The first kappa shape index (κ1) is 23.8. The summed E-state index contributed by atoms with van der Waals surface area (Å²) in [6.45, 7) is 0.430. The number of benzene rings is 2. The first-order valence-corrected chi connectivity index (χ1v) is 10.0. The van der Waals surface area contributed by atoms with Crippen molar-refractivity contribution in [1.29, 1.82) is 5.26 Å². The lowest BCUT2D eigenvalue weighted by Gasteiger charge is -2.18. The highest BCUT2D eigenvalue weighted by atomic mass is 32.2. The minimum absolute atomic E-state index is 0.0774. The fourth-order valence-electron chi connectivity index (χ4n) is 2.48. The van der Waals surface area contributed by atoms with E-state index in [1.54, 1.807) is 0 Å². The van der Waals surface area contributed by atoms with Gasteiger partial charge in [-0.1, -0.05) is 0 Å². The van der Waals surface area contributed by atoms with Gasteiger partial charge in [-0.25, -0.2) is 8.42 Å². The number of nitrogens with one attached hydrogen (secondary N) is 2. The van der Waals surface area contributed by atoms with E-state index in [1.807, 2.05) is 6.07 Å². The summed E-state index contributed by atoms with van der Waals surface area (Å²) in [5, 5.41) is 13.3. The van der Waals surface area contributed by atoms with Crippen molar-refractivity contribution in [3.63, 3.8) is 0 Å². The lowest BCUT2D eigenvalue weighted by atomic mass is 10.1. The van der Waals surface area contributed by atoms with Crippen LogP contribution in [0.5, 0.6) is 0 Å². The van der Waals surface area contributed by atoms with Gasteiger partial charge in [0.05, 0.1) is 40.0 Å². The monoisotopic (exact) mass is 454 g/mol. The molecule has 0 aromatic heterocycles. The maximum atomic E-state index is 13.0. The number of halogens is 3. The van der Waals surface area contributed by atoms with E-state index >= 15 is 0 Å². The zero-order valence-corrected chi connectivity index (χ0v) is 17.1. The second-order valence-electron chi connectivity index (χ2n) is 6.38. The van der Waals surface area contributed by atoms with Crippen LogP contribution in [-0.2, 0) is 25.8 Å². The fourth-order valence-corrected chi connectivity index (χ4v) is 3.61. The van der Waals surface area contributed by atoms with Crippen molar-refractivity contribution >= 4 is 33.2 Å². The molecule has 0 aliphatic heterocycles. The highest BCUT2D eigenvalue weighted by Crippen LogP contribution is 2.34. The smallest absolute Gasteiger partial charge is 0.325 e. The Hall–Kier alpha value is -3.43. The van der Waals surface area contributed by atoms with Gasteiger partial charge in [0, 0.05) is 14.0 Å². The van der Waals surface area contributed by atoms with Crippen molar-refractivity contribution in [2.45, 2.75) is 18.0 Å². The molecule has 0 atom stereocenters. The van der Waals surface area contributed by atoms with Crippen LogP contribution in [0.25, 0.3) is 0 Å². The summed E-state index contributed by atoms with van der Waals surface area (Å²) in [5.41, 5.74) is -1.23. The van der Waals surface area contributed by atoms with Crippen LogP contribution in [0.3, 0.4) is 0 Å². The van der Waals surface area contributed by atoms with Crippen molar-refractivity contribution in [1.82, 2.24) is 4.31 Å². The minimum Gasteiger partial charge on any atom is -0.325 e. The van der Waals surface area contributed by atoms with Crippen LogP contribution in [-0.4, -0.2) is 38.1 Å². The number of carbonyl (C=O) groups is 2. The minimum atomic E-state index is -4.69. The molecule has 0 aliphatic rings. The maximum Gasteiger partial charge on any atom is 0.416 e. The number of alkyl halides is 3. The van der Waals surface area contributed by atoms with Crippen LogP contribution < -0.4 is 10.6 Å². The third-order valence-corrected chi connectivity index (χ3v) is 5.81. The van der Waals surface area contributed by atoms with Gasteiger partial charge in [-0.05, 0) is 42.5 Å². The van der Waals surface area contributed by atoms with E-state index in [0.29, 0.717) is 10.4 Å². The first-order chi connectivity index (χ1) is 14.3. The Kier molecular flexibility index (Phi) is 7.04. The Morgan fingerprint density at radius 2 is 1.68 bits per heavy atom. The summed E-state index contributed by atoms with van der Waals surface area (Å²) >= 11 is 0. The van der Waals surface area contributed by atoms with Crippen LogP contribution in [0, 0.1) is 11.3 Å². The van der Waals surface area contributed by atoms with Crippen molar-refractivity contribution < 1.29 is 31.2 Å². The molecule has 0 radical (unpaired) electrons. The van der Waals surface area contributed by atoms with Gasteiger partial charge in [-0.2, -0.15) is 22.7 Å². The second kappa shape index (κ2) is 9.15. The van der Waals surface area contributed by atoms with Gasteiger partial charge in [0.1, 0.15) is 0 Å². The number of likely N-dealkylation sites (N-methyl/N-ethyl adjacent to an activating group) is 1. The van der Waals surface area contributed by atoms with Crippen LogP contribution in [0.4, 0.5) is 24.5 Å². The molecule has 2 aromatic carbocycles. The van der Waals surface area contributed by atoms with Crippen molar-refractivity contribution in [3.05, 3.63) is 53.6 Å². The molecular formula is C19H17F3N4O4S. The summed E-state index contributed by atoms with van der Waals surface area (Å²) in [7, 11) is -2.98. The predicted octanol–water partition coefficient (Wildman–Crippen LogP) is 2.79. The standard InChI is InChI=1S/C19H17F3N4O4S/c1-12(27)24-16-8-5-14(19(20,21)22)9-17(16)25-18(28)11-26(2)31(29,30)15-6-3-13(10-23)4-7-15/h3-9H,11H2,1-2H3,(H,24,27)(H,25,28). The van der Waals surface area contributed by atoms with Crippen LogP contribution in [0.15, 0.2) is 47.4 Å². The Labute approximate surface area is 176 Å². The number of rotatable bonds is 6. The number of nitrogens with zero attached hydrogens (tertiary/aromatic N) is 2. The van der Waals surface area contributed by atoms with Crippen molar-refractivity contribution in [3.8, 4) is 6.07 Å². The van der Waals surface area contributed by atoms with Crippen LogP contribution in [0.2, 0.25) is 0 Å². The lowest BCUT2D eigenvalue weighted by molar-refractivity contribution is -0.137.